The first-order chi connectivity index (χ1) is 14.6. The van der Waals surface area contributed by atoms with E-state index in [1.54, 1.807) is 0 Å². The first-order valence-corrected chi connectivity index (χ1v) is 11.1. The summed E-state index contributed by atoms with van der Waals surface area (Å²) in [6, 6.07) is 13.5. The third-order valence-corrected chi connectivity index (χ3v) is 5.66. The van der Waals surface area contributed by atoms with Gasteiger partial charge in [-0.1, -0.05) is 37.3 Å². The first-order valence-electron chi connectivity index (χ1n) is 10.7. The summed E-state index contributed by atoms with van der Waals surface area (Å²) in [5.74, 6) is 0.948. The summed E-state index contributed by atoms with van der Waals surface area (Å²) in [5.41, 5.74) is 2.86. The smallest absolute Gasteiger partial charge is 0.262 e. The number of hydrogen-bond donors (Lipinski definition) is 1. The van der Waals surface area contributed by atoms with Crippen LogP contribution in [0.2, 0.25) is 0 Å². The summed E-state index contributed by atoms with van der Waals surface area (Å²) in [6.07, 6.45) is 4.47. The van der Waals surface area contributed by atoms with Crippen molar-refractivity contribution in [1.82, 2.24) is 4.90 Å². The van der Waals surface area contributed by atoms with Crippen molar-refractivity contribution >= 4 is 28.8 Å². The number of carbonyl (C=O) groups is 1. The summed E-state index contributed by atoms with van der Waals surface area (Å²) >= 11 is 5.70. The number of likely N-dealkylation sites (tertiary alicyclic amines) is 1. The summed E-state index contributed by atoms with van der Waals surface area (Å²) in [4.78, 5) is 15.5. The van der Waals surface area contributed by atoms with Gasteiger partial charge in [0.05, 0.1) is 6.61 Å². The largest absolute Gasteiger partial charge is 0.490 e. The summed E-state index contributed by atoms with van der Waals surface area (Å²) in [6.45, 7) is 6.40. The van der Waals surface area contributed by atoms with Gasteiger partial charge in [-0.15, -0.1) is 0 Å². The molecule has 1 aliphatic heterocycles. The maximum atomic E-state index is 12.4. The molecule has 0 saturated carbocycles. The lowest BCUT2D eigenvalue weighted by Gasteiger charge is -2.29. The zero-order valence-electron chi connectivity index (χ0n) is 17.8. The molecule has 2 aromatic rings. The summed E-state index contributed by atoms with van der Waals surface area (Å²) in [5, 5.41) is 2.92. The van der Waals surface area contributed by atoms with Gasteiger partial charge >= 0.3 is 0 Å². The third kappa shape index (κ3) is 5.72. The Morgan fingerprint density at radius 1 is 1.03 bits per heavy atom. The molecular weight excluding hydrogens is 396 g/mol. The van der Waals surface area contributed by atoms with E-state index in [0.717, 1.165) is 41.3 Å². The fourth-order valence-electron chi connectivity index (χ4n) is 3.59. The Balaban J connectivity index is 1.66. The fraction of sp³-hybridized carbons (Fsp3) is 0.417. The summed E-state index contributed by atoms with van der Waals surface area (Å²) in [7, 11) is 0. The van der Waals surface area contributed by atoms with Crippen molar-refractivity contribution in [2.45, 2.75) is 39.5 Å². The van der Waals surface area contributed by atoms with Gasteiger partial charge in [-0.2, -0.15) is 0 Å². The number of nitrogens with zero attached hydrogens (tertiary/aromatic N) is 1. The number of rotatable bonds is 8. The van der Waals surface area contributed by atoms with Crippen LogP contribution >= 0.6 is 12.2 Å². The van der Waals surface area contributed by atoms with Crippen LogP contribution in [0.3, 0.4) is 0 Å². The van der Waals surface area contributed by atoms with Gasteiger partial charge in [0, 0.05) is 24.3 Å². The number of nitrogens with one attached hydrogen (secondary N) is 1. The molecule has 0 bridgehead atoms. The normalized spacial score (nSPS) is 13.6. The SMILES string of the molecule is CCOc1cc(C(=S)N2CCCCC2)ccc1OCC(=O)Nc1ccccc1CC. The number of hydrogen-bond acceptors (Lipinski definition) is 4. The minimum atomic E-state index is -0.203. The topological polar surface area (TPSA) is 50.8 Å². The molecule has 1 N–H and O–H groups in total. The van der Waals surface area contributed by atoms with E-state index in [-0.39, 0.29) is 12.5 Å². The molecule has 1 amide bonds. The zero-order valence-corrected chi connectivity index (χ0v) is 18.6. The molecule has 1 heterocycles. The molecule has 0 atom stereocenters. The minimum absolute atomic E-state index is 0.0892. The van der Waals surface area contributed by atoms with Crippen molar-refractivity contribution < 1.29 is 14.3 Å². The predicted molar refractivity (Wildman–Crippen MR) is 125 cm³/mol. The maximum Gasteiger partial charge on any atom is 0.262 e. The van der Waals surface area contributed by atoms with Crippen LogP contribution < -0.4 is 14.8 Å². The Morgan fingerprint density at radius 2 is 1.80 bits per heavy atom. The number of anilines is 1. The molecular formula is C24H30N2O3S. The highest BCUT2D eigenvalue weighted by molar-refractivity contribution is 7.80. The lowest BCUT2D eigenvalue weighted by molar-refractivity contribution is -0.118. The van der Waals surface area contributed by atoms with E-state index in [1.807, 2.05) is 49.4 Å². The van der Waals surface area contributed by atoms with Gasteiger partial charge in [0.15, 0.2) is 18.1 Å². The Bertz CT molecular complexity index is 879. The Labute approximate surface area is 184 Å². The lowest BCUT2D eigenvalue weighted by atomic mass is 10.1. The van der Waals surface area contributed by atoms with E-state index < -0.39 is 0 Å². The molecule has 30 heavy (non-hydrogen) atoms. The molecule has 6 heteroatoms. The van der Waals surface area contributed by atoms with Gasteiger partial charge in [-0.25, -0.2) is 0 Å². The molecule has 1 saturated heterocycles. The Kier molecular flexibility index (Phi) is 8.08. The van der Waals surface area contributed by atoms with Crippen molar-refractivity contribution in [2.75, 3.05) is 31.6 Å². The highest BCUT2D eigenvalue weighted by atomic mass is 32.1. The van der Waals surface area contributed by atoms with Crippen LogP contribution in [0.4, 0.5) is 5.69 Å². The van der Waals surface area contributed by atoms with Gasteiger partial charge in [0.1, 0.15) is 4.99 Å². The molecule has 160 valence electrons. The predicted octanol–water partition coefficient (Wildman–Crippen LogP) is 4.83. The van der Waals surface area contributed by atoms with Gasteiger partial charge < -0.3 is 19.7 Å². The van der Waals surface area contributed by atoms with Crippen LogP contribution in [0.1, 0.15) is 44.2 Å². The number of piperidine rings is 1. The summed E-state index contributed by atoms with van der Waals surface area (Å²) < 4.78 is 11.6. The number of ether oxygens (including phenoxy) is 2. The molecule has 0 aromatic heterocycles. The molecule has 5 nitrogen and oxygen atoms in total. The van der Waals surface area contributed by atoms with Crippen LogP contribution in [0.5, 0.6) is 11.5 Å². The second kappa shape index (κ2) is 11.0. The van der Waals surface area contributed by atoms with Crippen molar-refractivity contribution in [3.05, 3.63) is 53.6 Å². The molecule has 0 radical (unpaired) electrons. The third-order valence-electron chi connectivity index (χ3n) is 5.16. The van der Waals surface area contributed by atoms with Gasteiger partial charge in [0.25, 0.3) is 5.91 Å². The van der Waals surface area contributed by atoms with Crippen molar-refractivity contribution in [1.29, 1.82) is 0 Å². The average molecular weight is 427 g/mol. The second-order valence-corrected chi connectivity index (χ2v) is 7.68. The van der Waals surface area contributed by atoms with Crippen molar-refractivity contribution in [2.24, 2.45) is 0 Å². The number of benzene rings is 2. The molecule has 0 spiro atoms. The van der Waals surface area contributed by atoms with Crippen LogP contribution in [0.25, 0.3) is 0 Å². The Morgan fingerprint density at radius 3 is 2.53 bits per heavy atom. The number of thiocarbonyl (C=S) groups is 1. The van der Waals surface area contributed by atoms with Crippen LogP contribution in [0, 0.1) is 0 Å². The van der Waals surface area contributed by atoms with Gasteiger partial charge in [0.2, 0.25) is 0 Å². The van der Waals surface area contributed by atoms with Crippen molar-refractivity contribution in [3.63, 3.8) is 0 Å². The number of carbonyl (C=O) groups excluding carboxylic acids is 1. The zero-order chi connectivity index (χ0) is 21.3. The number of para-hydroxylation sites is 1. The second-order valence-electron chi connectivity index (χ2n) is 7.29. The monoisotopic (exact) mass is 426 g/mol. The molecule has 3 rings (SSSR count). The van der Waals surface area contributed by atoms with E-state index in [1.165, 1.54) is 19.3 Å². The van der Waals surface area contributed by atoms with Gasteiger partial charge in [-0.05, 0) is 62.4 Å². The van der Waals surface area contributed by atoms with E-state index in [9.17, 15) is 4.79 Å². The molecule has 0 aliphatic carbocycles. The number of amides is 1. The van der Waals surface area contributed by atoms with Crippen molar-refractivity contribution in [3.8, 4) is 11.5 Å². The molecule has 1 aliphatic rings. The Hall–Kier alpha value is -2.60. The van der Waals surface area contributed by atoms with E-state index >= 15 is 0 Å². The molecule has 2 aromatic carbocycles. The number of aryl methyl sites for hydroxylation is 1. The van der Waals surface area contributed by atoms with E-state index in [4.69, 9.17) is 21.7 Å². The molecule has 0 unspecified atom stereocenters. The standard InChI is InChI=1S/C24H30N2O3S/c1-3-18-10-6-7-11-20(18)25-23(27)17-29-21-13-12-19(16-22(21)28-4-2)24(30)26-14-8-5-9-15-26/h6-7,10-13,16H,3-5,8-9,14-15,17H2,1-2H3,(H,25,27). The average Bonchev–Trinajstić information content (AvgIpc) is 2.79. The lowest BCUT2D eigenvalue weighted by Crippen LogP contribution is -2.34. The van der Waals surface area contributed by atoms with Gasteiger partial charge in [-0.3, -0.25) is 4.79 Å². The van der Waals surface area contributed by atoms with Crippen LogP contribution in [-0.2, 0) is 11.2 Å². The highest BCUT2D eigenvalue weighted by Gasteiger charge is 2.17. The van der Waals surface area contributed by atoms with E-state index in [0.29, 0.717) is 18.1 Å². The fourth-order valence-corrected chi connectivity index (χ4v) is 3.90. The minimum Gasteiger partial charge on any atom is -0.490 e. The maximum absolute atomic E-state index is 12.4. The first kappa shape index (κ1) is 22.1. The quantitative estimate of drug-likeness (QED) is 0.613. The van der Waals surface area contributed by atoms with E-state index in [2.05, 4.69) is 17.1 Å². The van der Waals surface area contributed by atoms with Crippen LogP contribution in [-0.4, -0.2) is 42.1 Å². The molecule has 1 fully saturated rings. The highest BCUT2D eigenvalue weighted by Crippen LogP contribution is 2.30. The van der Waals surface area contributed by atoms with Crippen LogP contribution in [0.15, 0.2) is 42.5 Å².